The van der Waals surface area contributed by atoms with E-state index in [1.165, 1.54) is 6.92 Å². The monoisotopic (exact) mass is 448 g/mol. The van der Waals surface area contributed by atoms with E-state index in [2.05, 4.69) is 16.0 Å². The second kappa shape index (κ2) is 13.5. The zero-order chi connectivity index (χ0) is 24.3. The highest BCUT2D eigenvalue weighted by Gasteiger charge is 2.32. The highest BCUT2D eigenvalue weighted by Crippen LogP contribution is 2.06. The molecule has 0 aliphatic heterocycles. The van der Waals surface area contributed by atoms with Crippen LogP contribution in [0.3, 0.4) is 0 Å². The number of aliphatic hydroxyl groups is 2. The van der Waals surface area contributed by atoms with Crippen molar-refractivity contribution in [1.29, 1.82) is 0 Å². The van der Waals surface area contributed by atoms with Gasteiger partial charge in [-0.05, 0) is 25.7 Å². The van der Waals surface area contributed by atoms with Gasteiger partial charge >= 0.3 is 11.9 Å². The number of nitrogens with two attached hydrogens (primary N) is 1. The summed E-state index contributed by atoms with van der Waals surface area (Å²) in [6.45, 7) is 3.82. The predicted molar refractivity (Wildman–Crippen MR) is 106 cm³/mol. The number of aliphatic hydroxyl groups excluding tert-OH is 2. The third-order valence-electron chi connectivity index (χ3n) is 4.21. The third kappa shape index (κ3) is 10.7. The Morgan fingerprint density at radius 1 is 0.871 bits per heavy atom. The van der Waals surface area contributed by atoms with E-state index >= 15 is 0 Å². The fourth-order valence-electron chi connectivity index (χ4n) is 2.50. The van der Waals surface area contributed by atoms with Crippen LogP contribution in [0.15, 0.2) is 0 Å². The SMILES string of the molecule is CC(C)CC(NC(=O)C(CO)NC(=O)C(NC(=O)C(N)CCC(=O)O)C(C)O)C(=O)O. The average Bonchev–Trinajstić information content (AvgIpc) is 2.66. The highest BCUT2D eigenvalue weighted by atomic mass is 16.4. The van der Waals surface area contributed by atoms with Crippen LogP contribution in [0.4, 0.5) is 0 Å². The minimum absolute atomic E-state index is 0.0521. The van der Waals surface area contributed by atoms with Gasteiger partial charge in [0.1, 0.15) is 18.1 Å². The standard InChI is InChI=1S/C18H32N4O9/c1-8(2)6-11(18(30)31)20-16(28)12(7-23)21-17(29)14(9(3)24)22-15(27)10(19)4-5-13(25)26/h8-12,14,23-24H,4-7,19H2,1-3H3,(H,20,28)(H,21,29)(H,22,27)(H,25,26)(H,30,31). The lowest BCUT2D eigenvalue weighted by atomic mass is 10.0. The second-order valence-corrected chi connectivity index (χ2v) is 7.54. The lowest BCUT2D eigenvalue weighted by Gasteiger charge is -2.26. The Kier molecular flexibility index (Phi) is 12.3. The zero-order valence-corrected chi connectivity index (χ0v) is 17.7. The fourth-order valence-corrected chi connectivity index (χ4v) is 2.50. The van der Waals surface area contributed by atoms with Crippen LogP contribution >= 0.6 is 0 Å². The van der Waals surface area contributed by atoms with Gasteiger partial charge in [0, 0.05) is 6.42 Å². The molecule has 0 saturated heterocycles. The van der Waals surface area contributed by atoms with Crippen molar-refractivity contribution in [3.05, 3.63) is 0 Å². The Balaban J connectivity index is 5.13. The Morgan fingerprint density at radius 3 is 1.84 bits per heavy atom. The maximum Gasteiger partial charge on any atom is 0.326 e. The molecule has 0 rings (SSSR count). The molecule has 5 atom stereocenters. The third-order valence-corrected chi connectivity index (χ3v) is 4.21. The van der Waals surface area contributed by atoms with E-state index in [9.17, 15) is 39.3 Å². The number of hydrogen-bond acceptors (Lipinski definition) is 8. The van der Waals surface area contributed by atoms with Crippen molar-refractivity contribution in [3.8, 4) is 0 Å². The molecule has 13 heteroatoms. The van der Waals surface area contributed by atoms with Crippen LogP contribution in [0.25, 0.3) is 0 Å². The van der Waals surface area contributed by atoms with Gasteiger partial charge in [-0.2, -0.15) is 0 Å². The predicted octanol–water partition coefficient (Wildman–Crippen LogP) is -2.86. The van der Waals surface area contributed by atoms with E-state index in [0.29, 0.717) is 0 Å². The molecule has 0 saturated carbocycles. The first-order chi connectivity index (χ1) is 14.3. The molecule has 0 aliphatic rings. The first-order valence-electron chi connectivity index (χ1n) is 9.70. The summed E-state index contributed by atoms with van der Waals surface area (Å²) < 4.78 is 0. The maximum atomic E-state index is 12.5. The van der Waals surface area contributed by atoms with Gasteiger partial charge in [0.25, 0.3) is 0 Å². The van der Waals surface area contributed by atoms with E-state index in [1.807, 2.05) is 0 Å². The minimum atomic E-state index is -1.56. The number of aliphatic carboxylic acids is 2. The second-order valence-electron chi connectivity index (χ2n) is 7.54. The topological polar surface area (TPSA) is 228 Å². The van der Waals surface area contributed by atoms with Crippen LogP contribution in [0.5, 0.6) is 0 Å². The van der Waals surface area contributed by atoms with Crippen LogP contribution in [0, 0.1) is 5.92 Å². The van der Waals surface area contributed by atoms with Gasteiger partial charge in [-0.3, -0.25) is 19.2 Å². The molecule has 0 aromatic rings. The number of carbonyl (C=O) groups excluding carboxylic acids is 3. The van der Waals surface area contributed by atoms with Gasteiger partial charge < -0.3 is 42.1 Å². The zero-order valence-electron chi connectivity index (χ0n) is 17.7. The summed E-state index contributed by atoms with van der Waals surface area (Å²) in [6.07, 6.45) is -1.89. The molecule has 178 valence electrons. The van der Waals surface area contributed by atoms with Gasteiger partial charge in [0.2, 0.25) is 17.7 Å². The molecule has 0 aliphatic carbocycles. The normalized spacial score (nSPS) is 15.8. The van der Waals surface area contributed by atoms with E-state index in [1.54, 1.807) is 13.8 Å². The average molecular weight is 448 g/mol. The number of hydrogen-bond donors (Lipinski definition) is 8. The number of rotatable bonds is 14. The first-order valence-corrected chi connectivity index (χ1v) is 9.70. The molecule has 0 fully saturated rings. The number of carbonyl (C=O) groups is 5. The van der Waals surface area contributed by atoms with Gasteiger partial charge in [-0.15, -0.1) is 0 Å². The minimum Gasteiger partial charge on any atom is -0.481 e. The number of nitrogens with one attached hydrogen (secondary N) is 3. The summed E-state index contributed by atoms with van der Waals surface area (Å²) in [5, 5.41) is 43.6. The smallest absolute Gasteiger partial charge is 0.326 e. The molecule has 0 aromatic carbocycles. The molecular formula is C18H32N4O9. The molecular weight excluding hydrogens is 416 g/mol. The highest BCUT2D eigenvalue weighted by molar-refractivity contribution is 5.94. The van der Waals surface area contributed by atoms with Gasteiger partial charge in [-0.25, -0.2) is 4.79 Å². The fraction of sp³-hybridized carbons (Fsp3) is 0.722. The summed E-state index contributed by atoms with van der Waals surface area (Å²) in [6, 6.07) is -5.59. The first kappa shape index (κ1) is 28.2. The molecule has 5 unspecified atom stereocenters. The van der Waals surface area contributed by atoms with Crippen LogP contribution in [-0.4, -0.2) is 87.0 Å². The van der Waals surface area contributed by atoms with Crippen molar-refractivity contribution < 1.29 is 44.4 Å². The molecule has 0 aromatic heterocycles. The van der Waals surface area contributed by atoms with Crippen molar-refractivity contribution in [2.45, 2.75) is 70.3 Å². The van der Waals surface area contributed by atoms with Crippen molar-refractivity contribution in [2.75, 3.05) is 6.61 Å². The van der Waals surface area contributed by atoms with Gasteiger partial charge in [0.15, 0.2) is 0 Å². The summed E-state index contributed by atoms with van der Waals surface area (Å²) >= 11 is 0. The lowest BCUT2D eigenvalue weighted by Crippen LogP contribution is -2.60. The Bertz CT molecular complexity index is 654. The van der Waals surface area contributed by atoms with E-state index in [-0.39, 0.29) is 25.2 Å². The molecule has 0 spiro atoms. The molecule has 0 heterocycles. The Hall–Kier alpha value is -2.77. The van der Waals surface area contributed by atoms with E-state index in [0.717, 1.165) is 0 Å². The summed E-state index contributed by atoms with van der Waals surface area (Å²) in [5.41, 5.74) is 5.56. The molecule has 9 N–H and O–H groups in total. The summed E-state index contributed by atoms with van der Waals surface area (Å²) in [7, 11) is 0. The van der Waals surface area contributed by atoms with E-state index < -0.39 is 66.5 Å². The molecule has 31 heavy (non-hydrogen) atoms. The van der Waals surface area contributed by atoms with Gasteiger partial charge in [-0.1, -0.05) is 13.8 Å². The summed E-state index contributed by atoms with van der Waals surface area (Å²) in [5.74, 6) is -5.38. The molecule has 0 bridgehead atoms. The van der Waals surface area contributed by atoms with Crippen molar-refractivity contribution in [1.82, 2.24) is 16.0 Å². The summed E-state index contributed by atoms with van der Waals surface area (Å²) in [4.78, 5) is 58.7. The van der Waals surface area contributed by atoms with Crippen LogP contribution < -0.4 is 21.7 Å². The maximum absolute atomic E-state index is 12.5. The quantitative estimate of drug-likeness (QED) is 0.135. The largest absolute Gasteiger partial charge is 0.481 e. The van der Waals surface area contributed by atoms with E-state index in [4.69, 9.17) is 10.8 Å². The number of amides is 3. The van der Waals surface area contributed by atoms with Crippen LogP contribution in [0.2, 0.25) is 0 Å². The number of carboxylic acid groups (broad SMARTS) is 2. The molecule has 0 radical (unpaired) electrons. The number of carboxylic acids is 2. The molecule has 13 nitrogen and oxygen atoms in total. The van der Waals surface area contributed by atoms with Gasteiger partial charge in [0.05, 0.1) is 18.8 Å². The Labute approximate surface area is 179 Å². The van der Waals surface area contributed by atoms with Crippen molar-refractivity contribution in [2.24, 2.45) is 11.7 Å². The van der Waals surface area contributed by atoms with Crippen LogP contribution in [0.1, 0.15) is 40.0 Å². The lowest BCUT2D eigenvalue weighted by molar-refractivity contribution is -0.143. The Morgan fingerprint density at radius 2 is 1.42 bits per heavy atom. The molecule has 3 amide bonds. The van der Waals surface area contributed by atoms with Crippen molar-refractivity contribution in [3.63, 3.8) is 0 Å². The van der Waals surface area contributed by atoms with Crippen LogP contribution in [-0.2, 0) is 24.0 Å². The van der Waals surface area contributed by atoms with Crippen molar-refractivity contribution >= 4 is 29.7 Å².